The maximum atomic E-state index is 14.4. The number of esters is 3. The van der Waals surface area contributed by atoms with Crippen molar-refractivity contribution in [2.75, 3.05) is 7.11 Å². The van der Waals surface area contributed by atoms with Crippen LogP contribution in [0.5, 0.6) is 5.75 Å². The van der Waals surface area contributed by atoms with Gasteiger partial charge in [-0.05, 0) is 77.3 Å². The SMILES string of the molecule is C#CC[C@@]1(C(=O)OC(C)C)c2ccc(C)cc2C(C(=O)OC(C)C)(C(=O)OC(C)C)[C@@H]1c1cccc(OC)c1. The molecule has 0 fully saturated rings. The average molecular weight is 535 g/mol. The van der Waals surface area contributed by atoms with Crippen molar-refractivity contribution >= 4 is 17.9 Å². The van der Waals surface area contributed by atoms with Crippen LogP contribution < -0.4 is 4.74 Å². The van der Waals surface area contributed by atoms with Gasteiger partial charge in [0, 0.05) is 12.3 Å². The minimum atomic E-state index is -2.06. The number of hydrogen-bond donors (Lipinski definition) is 0. The van der Waals surface area contributed by atoms with Crippen LogP contribution in [0.1, 0.15) is 76.1 Å². The van der Waals surface area contributed by atoms with E-state index in [1.54, 1.807) is 77.9 Å². The van der Waals surface area contributed by atoms with Crippen molar-refractivity contribution in [1.29, 1.82) is 0 Å². The van der Waals surface area contributed by atoms with Gasteiger partial charge in [0.15, 0.2) is 5.41 Å². The van der Waals surface area contributed by atoms with Gasteiger partial charge in [-0.1, -0.05) is 35.9 Å². The van der Waals surface area contributed by atoms with E-state index in [-0.39, 0.29) is 6.42 Å². The molecule has 39 heavy (non-hydrogen) atoms. The van der Waals surface area contributed by atoms with Crippen molar-refractivity contribution in [2.24, 2.45) is 0 Å². The lowest BCUT2D eigenvalue weighted by Gasteiger charge is -2.40. The molecule has 0 aromatic heterocycles. The Morgan fingerprint density at radius 1 is 0.846 bits per heavy atom. The summed E-state index contributed by atoms with van der Waals surface area (Å²) in [5.41, 5.74) is -1.64. The lowest BCUT2D eigenvalue weighted by Crippen LogP contribution is -2.54. The number of terminal acetylenes is 1. The van der Waals surface area contributed by atoms with Crippen molar-refractivity contribution in [3.63, 3.8) is 0 Å². The number of rotatable bonds is 9. The van der Waals surface area contributed by atoms with Crippen LogP contribution in [0.25, 0.3) is 0 Å². The Kier molecular flexibility index (Phi) is 8.80. The van der Waals surface area contributed by atoms with Crippen LogP contribution in [0.2, 0.25) is 0 Å². The molecule has 0 radical (unpaired) electrons. The Balaban J connectivity index is 2.61. The normalized spacial score (nSPS) is 19.4. The molecule has 2 atom stereocenters. The Hall–Kier alpha value is -3.79. The predicted octanol–water partition coefficient (Wildman–Crippen LogP) is 5.15. The van der Waals surface area contributed by atoms with Crippen molar-refractivity contribution in [1.82, 2.24) is 0 Å². The first-order valence-electron chi connectivity index (χ1n) is 13.2. The molecule has 0 saturated carbocycles. The topological polar surface area (TPSA) is 88.1 Å². The number of hydrogen-bond acceptors (Lipinski definition) is 7. The molecule has 3 rings (SSSR count). The lowest BCUT2D eigenvalue weighted by molar-refractivity contribution is -0.172. The first-order valence-corrected chi connectivity index (χ1v) is 13.2. The summed E-state index contributed by atoms with van der Waals surface area (Å²) in [6, 6.07) is 12.3. The molecule has 0 unspecified atom stereocenters. The standard InChI is InChI=1S/C32H38O7/c1-10-16-31(28(33)37-19(2)3)25-15-14-22(8)17-26(25)32(29(34)38-20(4)5,30(35)39-21(6)7)27(31)23-12-11-13-24(18-23)36-9/h1,11-15,17-21,27H,16H2,2-9H3/t27-,31-/m1/s1. The van der Waals surface area contributed by atoms with Crippen LogP contribution in [0, 0.1) is 19.3 Å². The summed E-state index contributed by atoms with van der Waals surface area (Å²) in [4.78, 5) is 43.1. The predicted molar refractivity (Wildman–Crippen MR) is 147 cm³/mol. The van der Waals surface area contributed by atoms with Crippen molar-refractivity contribution in [3.05, 3.63) is 64.7 Å². The van der Waals surface area contributed by atoms with Crippen LogP contribution in [0.15, 0.2) is 42.5 Å². The number of benzene rings is 2. The second-order valence-corrected chi connectivity index (χ2v) is 10.8. The zero-order valence-electron chi connectivity index (χ0n) is 24.0. The third-order valence-corrected chi connectivity index (χ3v) is 6.85. The molecular weight excluding hydrogens is 496 g/mol. The second-order valence-electron chi connectivity index (χ2n) is 10.8. The second kappa shape index (κ2) is 11.5. The molecule has 1 aliphatic carbocycles. The maximum absolute atomic E-state index is 14.4. The highest BCUT2D eigenvalue weighted by Crippen LogP contribution is 2.62. The molecule has 0 spiro atoms. The van der Waals surface area contributed by atoms with Crippen molar-refractivity contribution in [2.45, 2.75) is 89.9 Å². The number of ether oxygens (including phenoxy) is 4. The zero-order valence-corrected chi connectivity index (χ0v) is 24.0. The Morgan fingerprint density at radius 2 is 1.41 bits per heavy atom. The number of aryl methyl sites for hydroxylation is 1. The maximum Gasteiger partial charge on any atom is 0.329 e. The average Bonchev–Trinajstić information content (AvgIpc) is 3.10. The van der Waals surface area contributed by atoms with Crippen LogP contribution in [0.4, 0.5) is 0 Å². The first-order chi connectivity index (χ1) is 18.4. The molecule has 0 saturated heterocycles. The fourth-order valence-corrected chi connectivity index (χ4v) is 5.54. The number of fused-ring (bicyclic) bond motifs is 1. The smallest absolute Gasteiger partial charge is 0.329 e. The summed E-state index contributed by atoms with van der Waals surface area (Å²) < 4.78 is 22.9. The molecule has 0 amide bonds. The van der Waals surface area contributed by atoms with Gasteiger partial charge in [-0.3, -0.25) is 14.4 Å². The highest BCUT2D eigenvalue weighted by atomic mass is 16.6. The van der Waals surface area contributed by atoms with Crippen LogP contribution in [-0.4, -0.2) is 43.3 Å². The van der Waals surface area contributed by atoms with E-state index in [4.69, 9.17) is 25.4 Å². The van der Waals surface area contributed by atoms with Crippen LogP contribution in [-0.2, 0) is 39.4 Å². The van der Waals surface area contributed by atoms with Gasteiger partial charge in [0.2, 0.25) is 0 Å². The molecule has 0 bridgehead atoms. The van der Waals surface area contributed by atoms with E-state index < -0.39 is 53.0 Å². The molecule has 208 valence electrons. The van der Waals surface area contributed by atoms with Gasteiger partial charge < -0.3 is 18.9 Å². The minimum absolute atomic E-state index is 0.137. The van der Waals surface area contributed by atoms with E-state index in [9.17, 15) is 14.4 Å². The van der Waals surface area contributed by atoms with Gasteiger partial charge in [0.1, 0.15) is 11.2 Å². The molecule has 0 heterocycles. The Morgan fingerprint density at radius 3 is 1.92 bits per heavy atom. The fraction of sp³-hybridized carbons (Fsp3) is 0.469. The number of carbonyl (C=O) groups excluding carboxylic acids is 3. The molecule has 0 aliphatic heterocycles. The van der Waals surface area contributed by atoms with Gasteiger partial charge in [-0.15, -0.1) is 12.3 Å². The third kappa shape index (κ3) is 5.13. The Bertz CT molecular complexity index is 1260. The Labute approximate surface area is 231 Å². The highest BCUT2D eigenvalue weighted by Gasteiger charge is 2.72. The zero-order chi connectivity index (χ0) is 29.1. The quantitative estimate of drug-likeness (QED) is 0.190. The summed E-state index contributed by atoms with van der Waals surface area (Å²) in [5, 5.41) is 0. The lowest BCUT2D eigenvalue weighted by atomic mass is 9.61. The molecule has 1 aliphatic rings. The van der Waals surface area contributed by atoms with Gasteiger partial charge >= 0.3 is 17.9 Å². The van der Waals surface area contributed by atoms with E-state index >= 15 is 0 Å². The van der Waals surface area contributed by atoms with E-state index in [0.717, 1.165) is 5.56 Å². The van der Waals surface area contributed by atoms with E-state index in [2.05, 4.69) is 5.92 Å². The first kappa shape index (κ1) is 29.8. The fourth-order valence-electron chi connectivity index (χ4n) is 5.54. The molecule has 0 N–H and O–H groups in total. The molecule has 2 aromatic carbocycles. The summed E-state index contributed by atoms with van der Waals surface area (Å²) in [5.74, 6) is -0.300. The van der Waals surface area contributed by atoms with Gasteiger partial charge in [-0.25, -0.2) is 0 Å². The van der Waals surface area contributed by atoms with E-state index in [1.807, 2.05) is 13.0 Å². The van der Waals surface area contributed by atoms with Crippen molar-refractivity contribution in [3.8, 4) is 18.1 Å². The molecule has 7 heteroatoms. The third-order valence-electron chi connectivity index (χ3n) is 6.85. The monoisotopic (exact) mass is 534 g/mol. The summed E-state index contributed by atoms with van der Waals surface area (Å²) in [6.45, 7) is 12.1. The van der Waals surface area contributed by atoms with E-state index in [1.165, 1.54) is 7.11 Å². The van der Waals surface area contributed by atoms with Gasteiger partial charge in [0.25, 0.3) is 0 Å². The van der Waals surface area contributed by atoms with Gasteiger partial charge in [-0.2, -0.15) is 0 Å². The highest BCUT2D eigenvalue weighted by molar-refractivity contribution is 6.12. The molecular formula is C32H38O7. The molecule has 2 aromatic rings. The van der Waals surface area contributed by atoms with Gasteiger partial charge in [0.05, 0.1) is 25.4 Å². The minimum Gasteiger partial charge on any atom is -0.497 e. The number of carbonyl (C=O) groups is 3. The largest absolute Gasteiger partial charge is 0.497 e. The summed E-state index contributed by atoms with van der Waals surface area (Å²) in [7, 11) is 1.51. The number of methoxy groups -OCH3 is 1. The molecule has 7 nitrogen and oxygen atoms in total. The van der Waals surface area contributed by atoms with Crippen LogP contribution >= 0.6 is 0 Å². The van der Waals surface area contributed by atoms with Crippen molar-refractivity contribution < 1.29 is 33.3 Å². The van der Waals surface area contributed by atoms with E-state index in [0.29, 0.717) is 22.4 Å². The summed E-state index contributed by atoms with van der Waals surface area (Å²) in [6.07, 6.45) is 4.22. The van der Waals surface area contributed by atoms with Crippen LogP contribution in [0.3, 0.4) is 0 Å². The summed E-state index contributed by atoms with van der Waals surface area (Å²) >= 11 is 0.